The fourth-order valence-corrected chi connectivity index (χ4v) is 2.86. The largest absolute Gasteiger partial charge is 0.507 e. The highest BCUT2D eigenvalue weighted by Crippen LogP contribution is 2.38. The molecule has 3 nitrogen and oxygen atoms in total. The number of aromatic nitrogens is 2. The minimum atomic E-state index is -4.48. The molecule has 0 fully saturated rings. The van der Waals surface area contributed by atoms with Crippen LogP contribution in [0.25, 0.3) is 11.3 Å². The minimum absolute atomic E-state index is 0.305. The van der Waals surface area contributed by atoms with Gasteiger partial charge in [-0.15, -0.1) is 0 Å². The maximum Gasteiger partial charge on any atom is 0.416 e. The molecule has 0 amide bonds. The summed E-state index contributed by atoms with van der Waals surface area (Å²) in [6.07, 6.45) is 2.11. The number of halogens is 3. The molecule has 0 atom stereocenters. The Balaban J connectivity index is 2.09. The van der Waals surface area contributed by atoms with E-state index in [2.05, 4.69) is 10.2 Å². The molecule has 0 spiro atoms. The van der Waals surface area contributed by atoms with Gasteiger partial charge in [-0.2, -0.15) is 23.4 Å². The van der Waals surface area contributed by atoms with Gasteiger partial charge in [0.2, 0.25) is 0 Å². The second-order valence-corrected chi connectivity index (χ2v) is 5.49. The van der Waals surface area contributed by atoms with Crippen molar-refractivity contribution in [2.45, 2.75) is 38.3 Å². The van der Waals surface area contributed by atoms with Crippen LogP contribution in [-0.2, 0) is 19.0 Å². The van der Waals surface area contributed by atoms with Crippen LogP contribution in [0, 0.1) is 0 Å². The summed E-state index contributed by atoms with van der Waals surface area (Å²) in [7, 11) is 0. The molecule has 0 aliphatic heterocycles. The Morgan fingerprint density at radius 2 is 1.82 bits per heavy atom. The highest BCUT2D eigenvalue weighted by Gasteiger charge is 2.31. The van der Waals surface area contributed by atoms with Gasteiger partial charge in [-0.05, 0) is 55.0 Å². The molecule has 1 aliphatic rings. The number of aromatic hydroxyl groups is 1. The van der Waals surface area contributed by atoms with E-state index in [4.69, 9.17) is 0 Å². The van der Waals surface area contributed by atoms with Gasteiger partial charge in [-0.3, -0.25) is 0 Å². The molecule has 2 aromatic rings. The van der Waals surface area contributed by atoms with Crippen molar-refractivity contribution in [3.63, 3.8) is 0 Å². The predicted octanol–water partition coefficient (Wildman–Crippen LogP) is 4.14. The van der Waals surface area contributed by atoms with Crippen LogP contribution in [0.2, 0.25) is 0 Å². The average molecular weight is 308 g/mol. The highest BCUT2D eigenvalue weighted by molar-refractivity contribution is 5.71. The predicted molar refractivity (Wildman–Crippen MR) is 75.4 cm³/mol. The number of nitrogens with zero attached hydrogens (tertiary/aromatic N) is 2. The van der Waals surface area contributed by atoms with E-state index in [1.54, 1.807) is 6.20 Å². The standard InChI is InChI=1S/C16H15F3N2O/c17-16(18,19)11-6-7-13(14(22)8-11)15-12-5-3-1-2-4-10(12)9-20-21-15/h6-9,22H,1-5H2. The molecular weight excluding hydrogens is 293 g/mol. The molecule has 0 unspecified atom stereocenters. The summed E-state index contributed by atoms with van der Waals surface area (Å²) in [5.41, 5.74) is 1.98. The molecule has 116 valence electrons. The van der Waals surface area contributed by atoms with Gasteiger partial charge in [-0.25, -0.2) is 0 Å². The monoisotopic (exact) mass is 308 g/mol. The van der Waals surface area contributed by atoms with E-state index >= 15 is 0 Å². The summed E-state index contributed by atoms with van der Waals surface area (Å²) in [4.78, 5) is 0. The minimum Gasteiger partial charge on any atom is -0.507 e. The number of aryl methyl sites for hydroxylation is 1. The number of alkyl halides is 3. The number of rotatable bonds is 1. The summed E-state index contributed by atoms with van der Waals surface area (Å²) in [5, 5.41) is 18.0. The SMILES string of the molecule is Oc1cc(C(F)(F)F)ccc1-c1nncc2c1CCCCC2. The molecule has 0 saturated heterocycles. The van der Waals surface area contributed by atoms with Gasteiger partial charge < -0.3 is 5.11 Å². The molecular formula is C16H15F3N2O. The van der Waals surface area contributed by atoms with Crippen molar-refractivity contribution >= 4 is 0 Å². The van der Waals surface area contributed by atoms with Gasteiger partial charge in [0.05, 0.1) is 11.8 Å². The van der Waals surface area contributed by atoms with Gasteiger partial charge in [0.1, 0.15) is 11.4 Å². The van der Waals surface area contributed by atoms with Crippen LogP contribution in [0.15, 0.2) is 24.4 Å². The zero-order chi connectivity index (χ0) is 15.7. The molecule has 1 heterocycles. The molecule has 1 N–H and O–H groups in total. The Bertz CT molecular complexity index is 698. The van der Waals surface area contributed by atoms with Crippen molar-refractivity contribution in [1.29, 1.82) is 0 Å². The summed E-state index contributed by atoms with van der Waals surface area (Å²) in [6.45, 7) is 0. The Hall–Kier alpha value is -2.11. The number of phenols is 1. The van der Waals surface area contributed by atoms with E-state index in [0.29, 0.717) is 11.3 Å². The van der Waals surface area contributed by atoms with Crippen LogP contribution >= 0.6 is 0 Å². The summed E-state index contributed by atoms with van der Waals surface area (Å²) < 4.78 is 38.1. The Labute approximate surface area is 125 Å². The van der Waals surface area contributed by atoms with Crippen molar-refractivity contribution in [3.05, 3.63) is 41.1 Å². The number of hydrogen-bond acceptors (Lipinski definition) is 3. The van der Waals surface area contributed by atoms with Crippen molar-refractivity contribution in [2.75, 3.05) is 0 Å². The molecule has 1 aliphatic carbocycles. The zero-order valence-corrected chi connectivity index (χ0v) is 11.8. The summed E-state index contributed by atoms with van der Waals surface area (Å²) in [6, 6.07) is 2.98. The lowest BCUT2D eigenvalue weighted by Crippen LogP contribution is -2.05. The molecule has 0 bridgehead atoms. The number of hydrogen-bond donors (Lipinski definition) is 1. The Morgan fingerprint density at radius 3 is 2.55 bits per heavy atom. The quantitative estimate of drug-likeness (QED) is 0.805. The lowest BCUT2D eigenvalue weighted by Gasteiger charge is -2.13. The van der Waals surface area contributed by atoms with Crippen LogP contribution in [0.5, 0.6) is 5.75 Å². The molecule has 6 heteroatoms. The Morgan fingerprint density at radius 1 is 1.05 bits per heavy atom. The van der Waals surface area contributed by atoms with Crippen LogP contribution in [0.4, 0.5) is 13.2 Å². The van der Waals surface area contributed by atoms with Gasteiger partial charge in [0, 0.05) is 5.56 Å². The van der Waals surface area contributed by atoms with E-state index < -0.39 is 17.5 Å². The zero-order valence-electron chi connectivity index (χ0n) is 11.8. The maximum atomic E-state index is 12.7. The summed E-state index contributed by atoms with van der Waals surface area (Å²) >= 11 is 0. The van der Waals surface area contributed by atoms with E-state index in [-0.39, 0.29) is 0 Å². The smallest absolute Gasteiger partial charge is 0.416 e. The van der Waals surface area contributed by atoms with E-state index in [1.807, 2.05) is 0 Å². The van der Waals surface area contributed by atoms with Crippen LogP contribution < -0.4 is 0 Å². The normalized spacial score (nSPS) is 15.2. The first-order valence-electron chi connectivity index (χ1n) is 7.21. The first kappa shape index (κ1) is 14.8. The lowest BCUT2D eigenvalue weighted by molar-refractivity contribution is -0.137. The summed E-state index contributed by atoms with van der Waals surface area (Å²) in [5.74, 6) is -0.415. The number of fused-ring (bicyclic) bond motifs is 1. The number of benzene rings is 1. The number of phenolic OH excluding ortho intramolecular Hbond substituents is 1. The molecule has 1 aromatic heterocycles. The molecule has 22 heavy (non-hydrogen) atoms. The van der Waals surface area contributed by atoms with Crippen molar-refractivity contribution in [2.24, 2.45) is 0 Å². The fraction of sp³-hybridized carbons (Fsp3) is 0.375. The van der Waals surface area contributed by atoms with Crippen LogP contribution in [-0.4, -0.2) is 15.3 Å². The first-order valence-corrected chi connectivity index (χ1v) is 7.21. The van der Waals surface area contributed by atoms with E-state index in [9.17, 15) is 18.3 Å². The molecule has 3 rings (SSSR count). The topological polar surface area (TPSA) is 46.0 Å². The molecule has 1 aromatic carbocycles. The second kappa shape index (κ2) is 5.59. The Kier molecular flexibility index (Phi) is 3.76. The van der Waals surface area contributed by atoms with Gasteiger partial charge in [0.15, 0.2) is 0 Å². The van der Waals surface area contributed by atoms with E-state index in [1.165, 1.54) is 6.07 Å². The average Bonchev–Trinajstić information content (AvgIpc) is 2.71. The molecule has 0 saturated carbocycles. The third-order valence-electron chi connectivity index (χ3n) is 4.00. The van der Waals surface area contributed by atoms with Crippen molar-refractivity contribution in [1.82, 2.24) is 10.2 Å². The maximum absolute atomic E-state index is 12.7. The van der Waals surface area contributed by atoms with Crippen molar-refractivity contribution < 1.29 is 18.3 Å². The molecule has 0 radical (unpaired) electrons. The van der Waals surface area contributed by atoms with E-state index in [0.717, 1.165) is 55.4 Å². The lowest BCUT2D eigenvalue weighted by atomic mass is 9.97. The second-order valence-electron chi connectivity index (χ2n) is 5.49. The van der Waals surface area contributed by atoms with Crippen LogP contribution in [0.3, 0.4) is 0 Å². The third-order valence-corrected chi connectivity index (χ3v) is 4.00. The van der Waals surface area contributed by atoms with Crippen molar-refractivity contribution in [3.8, 4) is 17.0 Å². The highest BCUT2D eigenvalue weighted by atomic mass is 19.4. The van der Waals surface area contributed by atoms with Gasteiger partial charge in [0.25, 0.3) is 0 Å². The van der Waals surface area contributed by atoms with Crippen LogP contribution in [0.1, 0.15) is 36.0 Å². The van der Waals surface area contributed by atoms with Gasteiger partial charge >= 0.3 is 6.18 Å². The fourth-order valence-electron chi connectivity index (χ4n) is 2.86. The third kappa shape index (κ3) is 2.77. The van der Waals surface area contributed by atoms with Gasteiger partial charge in [-0.1, -0.05) is 6.42 Å². The first-order chi connectivity index (χ1) is 10.5.